The number of nitrogens with one attached hydrogen (secondary N) is 2. The zero-order valence-corrected chi connectivity index (χ0v) is 11.2. The van der Waals surface area contributed by atoms with Gasteiger partial charge in [-0.3, -0.25) is 14.6 Å². The fraction of sp³-hybridized carbons (Fsp3) is 0.500. The van der Waals surface area contributed by atoms with Crippen molar-refractivity contribution >= 4 is 18.1 Å². The molecule has 1 rings (SSSR count). The Hall–Kier alpha value is -1.47. The third-order valence-electron chi connectivity index (χ3n) is 1.75. The van der Waals surface area contributed by atoms with Crippen molar-refractivity contribution in [3.05, 3.63) is 26.9 Å². The molecule has 96 valence electrons. The number of methoxy groups -OCH3 is 1. The molecule has 1 aromatic heterocycles. The van der Waals surface area contributed by atoms with Crippen LogP contribution in [0.1, 0.15) is 12.6 Å². The second kappa shape index (κ2) is 7.75. The molecule has 1 amide bonds. The standard InChI is InChI=1S/C6H8N2O2S.C4H9NO/c1-10-3-4-2-5(9)8-6(11)7-4;1-4(6)5(2)3/h2H,3H2,1H3,(H2,7,8,9,11);1-3H3. The zero-order chi connectivity index (χ0) is 13.4. The van der Waals surface area contributed by atoms with Gasteiger partial charge in [-0.1, -0.05) is 0 Å². The summed E-state index contributed by atoms with van der Waals surface area (Å²) in [5, 5.41) is 0. The van der Waals surface area contributed by atoms with Crippen LogP contribution in [0, 0.1) is 4.77 Å². The van der Waals surface area contributed by atoms with E-state index >= 15 is 0 Å². The molecule has 0 atom stereocenters. The number of H-pyrrole nitrogens is 2. The molecule has 2 N–H and O–H groups in total. The first kappa shape index (κ1) is 15.5. The van der Waals surface area contributed by atoms with Gasteiger partial charge in [-0.2, -0.15) is 0 Å². The minimum absolute atomic E-state index is 0.0926. The van der Waals surface area contributed by atoms with Crippen molar-refractivity contribution in [1.82, 2.24) is 14.9 Å². The lowest BCUT2D eigenvalue weighted by Gasteiger charge is -2.02. The van der Waals surface area contributed by atoms with Gasteiger partial charge in [0, 0.05) is 39.9 Å². The first-order chi connectivity index (χ1) is 7.86. The first-order valence-electron chi connectivity index (χ1n) is 4.86. The number of ether oxygens (including phenoxy) is 1. The van der Waals surface area contributed by atoms with Gasteiger partial charge in [0.2, 0.25) is 5.91 Å². The highest BCUT2D eigenvalue weighted by Crippen LogP contribution is 1.89. The Balaban J connectivity index is 0.000000366. The molecule has 0 aliphatic rings. The molecule has 0 radical (unpaired) electrons. The van der Waals surface area contributed by atoms with Crippen molar-refractivity contribution in [2.45, 2.75) is 13.5 Å². The Kier molecular flexibility index (Phi) is 7.08. The number of carbonyl (C=O) groups excluding carboxylic acids is 1. The van der Waals surface area contributed by atoms with E-state index < -0.39 is 0 Å². The molecule has 0 aromatic carbocycles. The summed E-state index contributed by atoms with van der Waals surface area (Å²) in [6, 6.07) is 1.42. The van der Waals surface area contributed by atoms with Gasteiger partial charge in [-0.05, 0) is 12.2 Å². The summed E-state index contributed by atoms with van der Waals surface area (Å²) >= 11 is 4.73. The fourth-order valence-corrected chi connectivity index (χ4v) is 0.984. The monoisotopic (exact) mass is 259 g/mol. The van der Waals surface area contributed by atoms with Gasteiger partial charge >= 0.3 is 0 Å². The summed E-state index contributed by atoms with van der Waals surface area (Å²) in [5.74, 6) is 0.0926. The Morgan fingerprint density at radius 1 is 1.47 bits per heavy atom. The molecule has 0 spiro atoms. The molecule has 1 aromatic rings. The number of amides is 1. The van der Waals surface area contributed by atoms with Crippen molar-refractivity contribution in [3.8, 4) is 0 Å². The summed E-state index contributed by atoms with van der Waals surface area (Å²) in [7, 11) is 5.00. The predicted octanol–water partition coefficient (Wildman–Crippen LogP) is 0.673. The quantitative estimate of drug-likeness (QED) is 0.765. The zero-order valence-electron chi connectivity index (χ0n) is 10.4. The largest absolute Gasteiger partial charge is 0.378 e. The van der Waals surface area contributed by atoms with Gasteiger partial charge in [0.25, 0.3) is 5.56 Å². The number of hydrogen-bond acceptors (Lipinski definition) is 4. The Morgan fingerprint density at radius 2 is 2.00 bits per heavy atom. The van der Waals surface area contributed by atoms with Crippen LogP contribution in [0.15, 0.2) is 10.9 Å². The number of nitrogens with zero attached hydrogens (tertiary/aromatic N) is 1. The van der Waals surface area contributed by atoms with Gasteiger partial charge in [0.05, 0.1) is 6.61 Å². The topological polar surface area (TPSA) is 78.2 Å². The summed E-state index contributed by atoms with van der Waals surface area (Å²) in [5.41, 5.74) is 0.474. The Labute approximate surface area is 105 Å². The Bertz CT molecular complexity index is 436. The lowest BCUT2D eigenvalue weighted by Crippen LogP contribution is -2.17. The molecular weight excluding hydrogens is 242 g/mol. The van der Waals surface area contributed by atoms with Crippen molar-refractivity contribution in [3.63, 3.8) is 0 Å². The third-order valence-corrected chi connectivity index (χ3v) is 1.95. The highest BCUT2D eigenvalue weighted by atomic mass is 32.1. The van der Waals surface area contributed by atoms with Crippen LogP contribution in [-0.2, 0) is 16.1 Å². The number of aromatic amines is 2. The van der Waals surface area contributed by atoms with Gasteiger partial charge in [0.1, 0.15) is 0 Å². The molecule has 0 bridgehead atoms. The van der Waals surface area contributed by atoms with Crippen LogP contribution in [0.3, 0.4) is 0 Å². The molecule has 0 unspecified atom stereocenters. The predicted molar refractivity (Wildman–Crippen MR) is 67.3 cm³/mol. The lowest BCUT2D eigenvalue weighted by atomic mass is 10.4. The second-order valence-corrected chi connectivity index (χ2v) is 3.87. The molecule has 17 heavy (non-hydrogen) atoms. The third kappa shape index (κ3) is 7.42. The van der Waals surface area contributed by atoms with E-state index in [9.17, 15) is 9.59 Å². The molecule has 1 heterocycles. The summed E-state index contributed by atoms with van der Waals surface area (Å²) in [6.07, 6.45) is 0. The van der Waals surface area contributed by atoms with Crippen LogP contribution < -0.4 is 5.56 Å². The molecule has 6 nitrogen and oxygen atoms in total. The summed E-state index contributed by atoms with van der Waals surface area (Å²) in [6.45, 7) is 1.90. The summed E-state index contributed by atoms with van der Waals surface area (Å²) < 4.78 is 5.13. The number of carbonyl (C=O) groups is 1. The number of hydrogen-bond donors (Lipinski definition) is 2. The first-order valence-corrected chi connectivity index (χ1v) is 5.27. The van der Waals surface area contributed by atoms with Crippen molar-refractivity contribution in [2.24, 2.45) is 0 Å². The lowest BCUT2D eigenvalue weighted by molar-refractivity contribution is -0.126. The number of aromatic nitrogens is 2. The molecule has 0 aliphatic carbocycles. The van der Waals surface area contributed by atoms with Gasteiger partial charge < -0.3 is 14.6 Å². The van der Waals surface area contributed by atoms with E-state index in [0.717, 1.165) is 0 Å². The van der Waals surface area contributed by atoms with E-state index in [4.69, 9.17) is 17.0 Å². The minimum atomic E-state index is -0.208. The maximum atomic E-state index is 10.8. The average molecular weight is 259 g/mol. The maximum Gasteiger partial charge on any atom is 0.251 e. The Morgan fingerprint density at radius 3 is 2.35 bits per heavy atom. The van der Waals surface area contributed by atoms with Crippen LogP contribution in [0.4, 0.5) is 0 Å². The van der Waals surface area contributed by atoms with Gasteiger partial charge in [-0.15, -0.1) is 0 Å². The van der Waals surface area contributed by atoms with Gasteiger partial charge in [-0.25, -0.2) is 0 Å². The van der Waals surface area contributed by atoms with Crippen molar-refractivity contribution in [2.75, 3.05) is 21.2 Å². The summed E-state index contributed by atoms with van der Waals surface area (Å²) in [4.78, 5) is 27.6. The molecule has 0 saturated carbocycles. The van der Waals surface area contributed by atoms with E-state index in [2.05, 4.69) is 9.97 Å². The molecule has 0 aliphatic heterocycles. The van der Waals surface area contributed by atoms with Crippen LogP contribution in [0.2, 0.25) is 0 Å². The van der Waals surface area contributed by atoms with Crippen LogP contribution in [0.5, 0.6) is 0 Å². The van der Waals surface area contributed by atoms with E-state index in [-0.39, 0.29) is 11.5 Å². The van der Waals surface area contributed by atoms with E-state index in [1.54, 1.807) is 21.2 Å². The van der Waals surface area contributed by atoms with Crippen LogP contribution >= 0.6 is 12.2 Å². The smallest absolute Gasteiger partial charge is 0.251 e. The van der Waals surface area contributed by atoms with Crippen molar-refractivity contribution < 1.29 is 9.53 Å². The van der Waals surface area contributed by atoms with E-state index in [0.29, 0.717) is 17.1 Å². The highest BCUT2D eigenvalue weighted by molar-refractivity contribution is 7.71. The van der Waals surface area contributed by atoms with Crippen LogP contribution in [-0.4, -0.2) is 42.0 Å². The second-order valence-electron chi connectivity index (χ2n) is 3.46. The van der Waals surface area contributed by atoms with Crippen molar-refractivity contribution in [1.29, 1.82) is 0 Å². The van der Waals surface area contributed by atoms with E-state index in [1.165, 1.54) is 17.9 Å². The normalized spacial score (nSPS) is 9.18. The number of rotatable bonds is 2. The fourth-order valence-electron chi connectivity index (χ4n) is 0.753. The average Bonchev–Trinajstić information content (AvgIpc) is 2.17. The SMILES string of the molecule is CC(=O)N(C)C.COCc1cc(=O)[nH]c(=S)[nH]1. The van der Waals surface area contributed by atoms with Crippen LogP contribution in [0.25, 0.3) is 0 Å². The molecule has 0 saturated heterocycles. The molecule has 0 fully saturated rings. The molecule has 7 heteroatoms. The maximum absolute atomic E-state index is 10.8. The highest BCUT2D eigenvalue weighted by Gasteiger charge is 1.92. The van der Waals surface area contributed by atoms with E-state index in [1.807, 2.05) is 0 Å². The minimum Gasteiger partial charge on any atom is -0.378 e. The molecular formula is C10H17N3O3S. The van der Waals surface area contributed by atoms with Gasteiger partial charge in [0.15, 0.2) is 4.77 Å².